The standard InChI is InChI=1S/C23H34N2O3/c1-13(2)28-22(27)19-14(3)20(24-15(19)4)21(26)25(5)12-23-9-16-6-17(10-23)8-18(7-16)11-23/h13,16-18,24H,6-12H2,1-5H3. The number of hydrogen-bond acceptors (Lipinski definition) is 3. The van der Waals surface area contributed by atoms with Gasteiger partial charge in [-0.3, -0.25) is 4.79 Å². The molecule has 0 aromatic carbocycles. The Kier molecular flexibility index (Phi) is 4.83. The van der Waals surface area contributed by atoms with Gasteiger partial charge < -0.3 is 14.6 Å². The number of hydrogen-bond donors (Lipinski definition) is 1. The monoisotopic (exact) mass is 386 g/mol. The fourth-order valence-electron chi connectivity index (χ4n) is 6.79. The van der Waals surface area contributed by atoms with Gasteiger partial charge >= 0.3 is 5.97 Å². The molecule has 1 heterocycles. The SMILES string of the molecule is Cc1[nH]c(C(=O)N(C)CC23CC4CC(CC(C4)C2)C3)c(C)c1C(=O)OC(C)C. The molecule has 4 aliphatic carbocycles. The minimum absolute atomic E-state index is 0.0139. The first kappa shape index (κ1) is 19.5. The van der Waals surface area contributed by atoms with E-state index in [0.717, 1.165) is 24.3 Å². The van der Waals surface area contributed by atoms with Crippen molar-refractivity contribution in [2.45, 2.75) is 72.3 Å². The molecule has 4 fully saturated rings. The summed E-state index contributed by atoms with van der Waals surface area (Å²) in [5, 5.41) is 0. The molecule has 4 bridgehead atoms. The van der Waals surface area contributed by atoms with Crippen LogP contribution in [0.25, 0.3) is 0 Å². The molecule has 5 heteroatoms. The Morgan fingerprint density at radius 3 is 2.14 bits per heavy atom. The summed E-state index contributed by atoms with van der Waals surface area (Å²) in [6, 6.07) is 0. The molecule has 0 aliphatic heterocycles. The molecule has 0 atom stereocenters. The van der Waals surface area contributed by atoms with E-state index in [9.17, 15) is 9.59 Å². The number of ether oxygens (including phenoxy) is 1. The number of carbonyl (C=O) groups excluding carboxylic acids is 2. The molecule has 0 saturated heterocycles. The Morgan fingerprint density at radius 2 is 1.64 bits per heavy atom. The molecule has 1 aromatic heterocycles. The van der Waals surface area contributed by atoms with Gasteiger partial charge in [0.15, 0.2) is 0 Å². The Morgan fingerprint density at radius 1 is 1.11 bits per heavy atom. The van der Waals surface area contributed by atoms with E-state index in [4.69, 9.17) is 4.74 Å². The fourth-order valence-corrected chi connectivity index (χ4v) is 6.79. The lowest BCUT2D eigenvalue weighted by Crippen LogP contribution is -2.51. The first-order valence-corrected chi connectivity index (χ1v) is 10.8. The van der Waals surface area contributed by atoms with Crippen LogP contribution >= 0.6 is 0 Å². The number of aromatic nitrogens is 1. The molecular weight excluding hydrogens is 352 g/mol. The van der Waals surface area contributed by atoms with E-state index in [0.29, 0.717) is 27.9 Å². The molecule has 5 nitrogen and oxygen atoms in total. The third-order valence-corrected chi connectivity index (χ3v) is 7.28. The zero-order valence-corrected chi connectivity index (χ0v) is 17.9. The molecule has 1 aromatic rings. The molecule has 4 saturated carbocycles. The highest BCUT2D eigenvalue weighted by atomic mass is 16.5. The number of aromatic amines is 1. The smallest absolute Gasteiger partial charge is 0.340 e. The predicted octanol–water partition coefficient (Wildman–Crippen LogP) is 4.49. The second-order valence-electron chi connectivity index (χ2n) is 10.2. The van der Waals surface area contributed by atoms with Gasteiger partial charge in [0.25, 0.3) is 5.91 Å². The van der Waals surface area contributed by atoms with Gasteiger partial charge in [-0.1, -0.05) is 0 Å². The molecular formula is C23H34N2O3. The van der Waals surface area contributed by atoms with Crippen LogP contribution in [0.1, 0.15) is 84.5 Å². The van der Waals surface area contributed by atoms with E-state index in [-0.39, 0.29) is 18.0 Å². The highest BCUT2D eigenvalue weighted by Gasteiger charge is 2.51. The van der Waals surface area contributed by atoms with Crippen molar-refractivity contribution in [3.8, 4) is 0 Å². The summed E-state index contributed by atoms with van der Waals surface area (Å²) in [7, 11) is 1.92. The normalized spacial score (nSPS) is 30.7. The van der Waals surface area contributed by atoms with Gasteiger partial charge in [0, 0.05) is 19.3 Å². The van der Waals surface area contributed by atoms with Crippen molar-refractivity contribution < 1.29 is 14.3 Å². The van der Waals surface area contributed by atoms with Crippen molar-refractivity contribution in [3.63, 3.8) is 0 Å². The van der Waals surface area contributed by atoms with Gasteiger partial charge in [-0.05, 0) is 95.0 Å². The first-order chi connectivity index (χ1) is 13.2. The van der Waals surface area contributed by atoms with Crippen LogP contribution in [0.4, 0.5) is 0 Å². The van der Waals surface area contributed by atoms with Crippen molar-refractivity contribution in [2.75, 3.05) is 13.6 Å². The van der Waals surface area contributed by atoms with Crippen molar-refractivity contribution >= 4 is 11.9 Å². The Bertz CT molecular complexity index is 757. The largest absolute Gasteiger partial charge is 0.459 e. The quantitative estimate of drug-likeness (QED) is 0.759. The summed E-state index contributed by atoms with van der Waals surface area (Å²) in [6.07, 6.45) is 7.90. The number of carbonyl (C=O) groups is 2. The zero-order chi connectivity index (χ0) is 20.2. The van der Waals surface area contributed by atoms with Crippen LogP contribution in [0.15, 0.2) is 0 Å². The van der Waals surface area contributed by atoms with Gasteiger partial charge in [0.1, 0.15) is 5.69 Å². The minimum atomic E-state index is -0.357. The first-order valence-electron chi connectivity index (χ1n) is 10.8. The summed E-state index contributed by atoms with van der Waals surface area (Å²) in [6.45, 7) is 8.17. The highest BCUT2D eigenvalue weighted by Crippen LogP contribution is 2.60. The number of rotatable bonds is 5. The maximum atomic E-state index is 13.2. The van der Waals surface area contributed by atoms with E-state index in [2.05, 4.69) is 4.98 Å². The lowest BCUT2D eigenvalue weighted by molar-refractivity contribution is -0.0629. The van der Waals surface area contributed by atoms with Crippen LogP contribution < -0.4 is 0 Å². The van der Waals surface area contributed by atoms with Crippen molar-refractivity contribution in [1.82, 2.24) is 9.88 Å². The van der Waals surface area contributed by atoms with Crippen LogP contribution in [0.3, 0.4) is 0 Å². The van der Waals surface area contributed by atoms with Crippen LogP contribution in [0, 0.1) is 37.0 Å². The highest BCUT2D eigenvalue weighted by molar-refractivity contribution is 6.00. The molecule has 1 amide bonds. The van der Waals surface area contributed by atoms with Gasteiger partial charge in [0.05, 0.1) is 11.7 Å². The second-order valence-corrected chi connectivity index (χ2v) is 10.2. The lowest BCUT2D eigenvalue weighted by Gasteiger charge is -2.57. The van der Waals surface area contributed by atoms with Crippen LogP contribution in [-0.4, -0.2) is 41.5 Å². The number of esters is 1. The van der Waals surface area contributed by atoms with Gasteiger partial charge in [-0.2, -0.15) is 0 Å². The van der Waals surface area contributed by atoms with E-state index in [1.165, 1.54) is 38.5 Å². The number of amides is 1. The molecule has 0 unspecified atom stereocenters. The molecule has 5 rings (SSSR count). The summed E-state index contributed by atoms with van der Waals surface area (Å²) >= 11 is 0. The average Bonchev–Trinajstić information content (AvgIpc) is 2.86. The summed E-state index contributed by atoms with van der Waals surface area (Å²) in [5.41, 5.74) is 2.74. The Balaban J connectivity index is 1.51. The van der Waals surface area contributed by atoms with Gasteiger partial charge in [0.2, 0.25) is 0 Å². The van der Waals surface area contributed by atoms with Gasteiger partial charge in [-0.25, -0.2) is 4.79 Å². The number of nitrogens with zero attached hydrogens (tertiary/aromatic N) is 1. The molecule has 1 N–H and O–H groups in total. The Labute approximate surface area is 168 Å². The van der Waals surface area contributed by atoms with E-state index < -0.39 is 0 Å². The minimum Gasteiger partial charge on any atom is -0.459 e. The number of aryl methyl sites for hydroxylation is 1. The number of nitrogens with one attached hydrogen (secondary N) is 1. The predicted molar refractivity (Wildman–Crippen MR) is 108 cm³/mol. The van der Waals surface area contributed by atoms with Crippen LogP contribution in [0.2, 0.25) is 0 Å². The summed E-state index contributed by atoms with van der Waals surface area (Å²) in [4.78, 5) is 30.7. The molecule has 28 heavy (non-hydrogen) atoms. The maximum absolute atomic E-state index is 13.2. The third kappa shape index (κ3) is 3.37. The zero-order valence-electron chi connectivity index (χ0n) is 17.9. The third-order valence-electron chi connectivity index (χ3n) is 7.28. The van der Waals surface area contributed by atoms with E-state index in [1.807, 2.05) is 39.6 Å². The Hall–Kier alpha value is -1.78. The van der Waals surface area contributed by atoms with Gasteiger partial charge in [-0.15, -0.1) is 0 Å². The van der Waals surface area contributed by atoms with Crippen molar-refractivity contribution in [1.29, 1.82) is 0 Å². The number of H-pyrrole nitrogens is 1. The fraction of sp³-hybridized carbons (Fsp3) is 0.739. The molecule has 4 aliphatic rings. The molecule has 0 spiro atoms. The second kappa shape index (κ2) is 6.93. The van der Waals surface area contributed by atoms with E-state index in [1.54, 1.807) is 0 Å². The molecule has 0 radical (unpaired) electrons. The van der Waals surface area contributed by atoms with E-state index >= 15 is 0 Å². The van der Waals surface area contributed by atoms with Crippen LogP contribution in [-0.2, 0) is 4.74 Å². The maximum Gasteiger partial charge on any atom is 0.340 e. The summed E-state index contributed by atoms with van der Waals surface area (Å²) in [5.74, 6) is 2.26. The topological polar surface area (TPSA) is 62.4 Å². The van der Waals surface area contributed by atoms with Crippen molar-refractivity contribution in [2.24, 2.45) is 23.2 Å². The van der Waals surface area contributed by atoms with Crippen molar-refractivity contribution in [3.05, 3.63) is 22.5 Å². The molecule has 154 valence electrons. The average molecular weight is 387 g/mol. The summed E-state index contributed by atoms with van der Waals surface area (Å²) < 4.78 is 5.36. The lowest BCUT2D eigenvalue weighted by atomic mass is 9.49. The van der Waals surface area contributed by atoms with Crippen LogP contribution in [0.5, 0.6) is 0 Å².